The average Bonchev–Trinajstić information content (AvgIpc) is 2.16. The summed E-state index contributed by atoms with van der Waals surface area (Å²) in [6, 6.07) is 5.22. The standard InChI is InChI=1S/C10H12N2O2/c1-12-9-3-2-7(5-10(13)14)4-8(9)6-11/h2-4,6,11-12H,5H2,1H3,(H,13,14). The maximum Gasteiger partial charge on any atom is 0.307 e. The number of carbonyl (C=O) groups is 1. The third-order valence-corrected chi connectivity index (χ3v) is 1.90. The van der Waals surface area contributed by atoms with E-state index in [1.54, 1.807) is 25.2 Å². The van der Waals surface area contributed by atoms with Gasteiger partial charge in [-0.25, -0.2) is 0 Å². The van der Waals surface area contributed by atoms with Crippen LogP contribution in [0.1, 0.15) is 11.1 Å². The van der Waals surface area contributed by atoms with Gasteiger partial charge in [-0.15, -0.1) is 0 Å². The number of benzene rings is 1. The van der Waals surface area contributed by atoms with E-state index in [0.717, 1.165) is 5.69 Å². The molecule has 0 atom stereocenters. The average molecular weight is 192 g/mol. The molecule has 1 aromatic rings. The van der Waals surface area contributed by atoms with Crippen LogP contribution in [0, 0.1) is 5.41 Å². The van der Waals surface area contributed by atoms with Crippen molar-refractivity contribution in [3.05, 3.63) is 29.3 Å². The van der Waals surface area contributed by atoms with Crippen molar-refractivity contribution in [2.75, 3.05) is 12.4 Å². The van der Waals surface area contributed by atoms with Crippen LogP contribution in [0.5, 0.6) is 0 Å². The molecule has 0 aliphatic heterocycles. The zero-order chi connectivity index (χ0) is 10.6. The van der Waals surface area contributed by atoms with Gasteiger partial charge in [0.1, 0.15) is 0 Å². The number of hydrogen-bond acceptors (Lipinski definition) is 3. The number of carboxylic acid groups (broad SMARTS) is 1. The molecule has 1 aromatic carbocycles. The van der Waals surface area contributed by atoms with E-state index < -0.39 is 5.97 Å². The predicted molar refractivity (Wildman–Crippen MR) is 55.2 cm³/mol. The Morgan fingerprint density at radius 2 is 2.36 bits per heavy atom. The molecular formula is C10H12N2O2. The van der Waals surface area contributed by atoms with Crippen molar-refractivity contribution in [3.8, 4) is 0 Å². The molecule has 3 N–H and O–H groups in total. The quantitative estimate of drug-likeness (QED) is 0.630. The van der Waals surface area contributed by atoms with Crippen molar-refractivity contribution in [1.29, 1.82) is 5.41 Å². The first kappa shape index (κ1) is 10.2. The van der Waals surface area contributed by atoms with E-state index in [-0.39, 0.29) is 6.42 Å². The van der Waals surface area contributed by atoms with E-state index in [4.69, 9.17) is 10.5 Å². The SMILES string of the molecule is CNc1ccc(CC(=O)O)cc1C=N. The lowest BCUT2D eigenvalue weighted by molar-refractivity contribution is -0.136. The van der Waals surface area contributed by atoms with Gasteiger partial charge in [0.15, 0.2) is 0 Å². The van der Waals surface area contributed by atoms with E-state index in [0.29, 0.717) is 11.1 Å². The molecule has 0 aliphatic carbocycles. The molecule has 0 amide bonds. The highest BCUT2D eigenvalue weighted by Gasteiger charge is 2.03. The van der Waals surface area contributed by atoms with Gasteiger partial charge in [0, 0.05) is 24.5 Å². The Bertz CT molecular complexity index is 361. The number of nitrogens with one attached hydrogen (secondary N) is 2. The van der Waals surface area contributed by atoms with E-state index in [2.05, 4.69) is 5.32 Å². The number of anilines is 1. The number of aliphatic carboxylic acids is 1. The fourth-order valence-corrected chi connectivity index (χ4v) is 1.24. The topological polar surface area (TPSA) is 73.2 Å². The molecule has 0 fully saturated rings. The van der Waals surface area contributed by atoms with Crippen molar-refractivity contribution in [3.63, 3.8) is 0 Å². The van der Waals surface area contributed by atoms with Crippen LogP contribution in [0.3, 0.4) is 0 Å². The van der Waals surface area contributed by atoms with Crippen molar-refractivity contribution in [2.45, 2.75) is 6.42 Å². The van der Waals surface area contributed by atoms with Crippen LogP contribution in [0.25, 0.3) is 0 Å². The first-order chi connectivity index (χ1) is 6.67. The van der Waals surface area contributed by atoms with E-state index in [1.807, 2.05) is 0 Å². The third kappa shape index (κ3) is 2.32. The highest BCUT2D eigenvalue weighted by molar-refractivity contribution is 5.86. The minimum atomic E-state index is -0.863. The molecule has 1 rings (SSSR count). The second kappa shape index (κ2) is 4.41. The molecule has 0 saturated carbocycles. The summed E-state index contributed by atoms with van der Waals surface area (Å²) in [7, 11) is 1.76. The summed E-state index contributed by atoms with van der Waals surface area (Å²) in [6.07, 6.45) is 1.20. The van der Waals surface area contributed by atoms with Crippen LogP contribution < -0.4 is 5.32 Å². The van der Waals surface area contributed by atoms with Gasteiger partial charge < -0.3 is 15.8 Å². The third-order valence-electron chi connectivity index (χ3n) is 1.90. The Hall–Kier alpha value is -1.84. The number of hydrogen-bond donors (Lipinski definition) is 3. The lowest BCUT2D eigenvalue weighted by Crippen LogP contribution is -2.02. The Morgan fingerprint density at radius 1 is 1.64 bits per heavy atom. The molecule has 0 radical (unpaired) electrons. The molecule has 0 unspecified atom stereocenters. The molecule has 0 saturated heterocycles. The van der Waals surface area contributed by atoms with Gasteiger partial charge in [0.25, 0.3) is 0 Å². The van der Waals surface area contributed by atoms with Crippen LogP contribution >= 0.6 is 0 Å². The van der Waals surface area contributed by atoms with Crippen LogP contribution in [-0.2, 0) is 11.2 Å². The van der Waals surface area contributed by atoms with Crippen LogP contribution in [-0.4, -0.2) is 24.3 Å². The second-order valence-corrected chi connectivity index (χ2v) is 2.89. The molecule has 74 valence electrons. The van der Waals surface area contributed by atoms with Crippen LogP contribution in [0.4, 0.5) is 5.69 Å². The smallest absolute Gasteiger partial charge is 0.307 e. The molecule has 4 nitrogen and oxygen atoms in total. The van der Waals surface area contributed by atoms with Crippen LogP contribution in [0.15, 0.2) is 18.2 Å². The van der Waals surface area contributed by atoms with E-state index in [9.17, 15) is 4.79 Å². The van der Waals surface area contributed by atoms with Gasteiger partial charge >= 0.3 is 5.97 Å². The molecule has 4 heteroatoms. The first-order valence-electron chi connectivity index (χ1n) is 4.20. The lowest BCUT2D eigenvalue weighted by atomic mass is 10.1. The van der Waals surface area contributed by atoms with Crippen molar-refractivity contribution in [1.82, 2.24) is 0 Å². The van der Waals surface area contributed by atoms with Gasteiger partial charge in [-0.1, -0.05) is 6.07 Å². The van der Waals surface area contributed by atoms with Gasteiger partial charge in [0.05, 0.1) is 6.42 Å². The molecular weight excluding hydrogens is 180 g/mol. The molecule has 0 aromatic heterocycles. The zero-order valence-corrected chi connectivity index (χ0v) is 7.87. The van der Waals surface area contributed by atoms with Gasteiger partial charge in [-0.2, -0.15) is 0 Å². The fraction of sp³-hybridized carbons (Fsp3) is 0.200. The van der Waals surface area contributed by atoms with Crippen molar-refractivity contribution >= 4 is 17.9 Å². The Labute approximate surface area is 82.1 Å². The van der Waals surface area contributed by atoms with Crippen molar-refractivity contribution < 1.29 is 9.90 Å². The van der Waals surface area contributed by atoms with Crippen LogP contribution in [0.2, 0.25) is 0 Å². The Balaban J connectivity index is 3.01. The summed E-state index contributed by atoms with van der Waals surface area (Å²) < 4.78 is 0. The molecule has 0 bridgehead atoms. The second-order valence-electron chi connectivity index (χ2n) is 2.89. The normalized spacial score (nSPS) is 9.50. The van der Waals surface area contributed by atoms with E-state index >= 15 is 0 Å². The van der Waals surface area contributed by atoms with Crippen molar-refractivity contribution in [2.24, 2.45) is 0 Å². The van der Waals surface area contributed by atoms with Gasteiger partial charge in [-0.3, -0.25) is 4.79 Å². The largest absolute Gasteiger partial charge is 0.481 e. The summed E-state index contributed by atoms with van der Waals surface area (Å²) in [5.41, 5.74) is 2.23. The predicted octanol–water partition coefficient (Wildman–Crippen LogP) is 1.35. The summed E-state index contributed by atoms with van der Waals surface area (Å²) in [5, 5.41) is 18.7. The summed E-state index contributed by atoms with van der Waals surface area (Å²) in [4.78, 5) is 10.5. The Kier molecular flexibility index (Phi) is 3.23. The fourth-order valence-electron chi connectivity index (χ4n) is 1.24. The lowest BCUT2D eigenvalue weighted by Gasteiger charge is -2.06. The summed E-state index contributed by atoms with van der Waals surface area (Å²) >= 11 is 0. The minimum absolute atomic E-state index is 0.00909. The van der Waals surface area contributed by atoms with Gasteiger partial charge in [0.2, 0.25) is 0 Å². The molecule has 0 spiro atoms. The molecule has 0 heterocycles. The van der Waals surface area contributed by atoms with E-state index in [1.165, 1.54) is 6.21 Å². The monoisotopic (exact) mass is 192 g/mol. The summed E-state index contributed by atoms with van der Waals surface area (Å²) in [5.74, 6) is -0.863. The molecule has 0 aliphatic rings. The Morgan fingerprint density at radius 3 is 2.86 bits per heavy atom. The highest BCUT2D eigenvalue weighted by atomic mass is 16.4. The summed E-state index contributed by atoms with van der Waals surface area (Å²) in [6.45, 7) is 0. The zero-order valence-electron chi connectivity index (χ0n) is 7.87. The molecule has 14 heavy (non-hydrogen) atoms. The maximum absolute atomic E-state index is 10.5. The maximum atomic E-state index is 10.5. The first-order valence-corrected chi connectivity index (χ1v) is 4.20. The highest BCUT2D eigenvalue weighted by Crippen LogP contribution is 2.15. The number of rotatable bonds is 4. The minimum Gasteiger partial charge on any atom is -0.481 e. The van der Waals surface area contributed by atoms with Gasteiger partial charge in [-0.05, 0) is 17.7 Å². The number of carboxylic acids is 1.